The second-order valence-corrected chi connectivity index (χ2v) is 13.4. The topological polar surface area (TPSA) is 103 Å². The van der Waals surface area contributed by atoms with E-state index >= 15 is 0 Å². The lowest BCUT2D eigenvalue weighted by Gasteiger charge is -2.41. The van der Waals surface area contributed by atoms with Gasteiger partial charge in [-0.05, 0) is 24.6 Å². The average Bonchev–Trinajstić information content (AvgIpc) is 2.91. The van der Waals surface area contributed by atoms with Crippen LogP contribution in [0, 0.1) is 0 Å². The lowest BCUT2D eigenvalue weighted by atomic mass is 10.0. The van der Waals surface area contributed by atoms with E-state index in [4.69, 9.17) is 13.9 Å². The van der Waals surface area contributed by atoms with E-state index in [1.165, 1.54) is 23.9 Å². The zero-order chi connectivity index (χ0) is 21.3. The molecule has 0 aromatic carbocycles. The van der Waals surface area contributed by atoms with Gasteiger partial charge in [-0.15, -0.1) is 6.58 Å². The number of ether oxygens (including phenoxy) is 2. The summed E-state index contributed by atoms with van der Waals surface area (Å²) in [7, 11) is -0.718. The summed E-state index contributed by atoms with van der Waals surface area (Å²) >= 11 is 0. The standard InChI is InChI=1S/C19H32N2O6Si/c1-8-9-12(22)14-15(27-28(6,7)19(2,3)4)16(25-5)17(26-14)21-11-10-13(23)20-18(21)24/h8,10-12,14-17,22H,1,9H2,2-7H3,(H,20,23,24)/t12-,14-,15?,16?,17-/m1/s1. The summed E-state index contributed by atoms with van der Waals surface area (Å²) < 4.78 is 19.6. The van der Waals surface area contributed by atoms with Gasteiger partial charge in [0.25, 0.3) is 5.56 Å². The van der Waals surface area contributed by atoms with Crippen molar-refractivity contribution < 1.29 is 19.0 Å². The zero-order valence-corrected chi connectivity index (χ0v) is 18.5. The normalized spacial score (nSPS) is 27.0. The van der Waals surface area contributed by atoms with E-state index in [0.717, 1.165) is 0 Å². The van der Waals surface area contributed by atoms with Crippen LogP contribution in [-0.2, 0) is 13.9 Å². The Balaban J connectivity index is 2.47. The molecule has 0 spiro atoms. The third kappa shape index (κ3) is 4.55. The third-order valence-corrected chi connectivity index (χ3v) is 10.1. The van der Waals surface area contributed by atoms with Crippen LogP contribution in [0.1, 0.15) is 33.4 Å². The molecule has 1 aromatic rings. The molecule has 1 aliphatic rings. The zero-order valence-electron chi connectivity index (χ0n) is 17.5. The Hall–Kier alpha value is -1.52. The minimum Gasteiger partial charge on any atom is -0.408 e. The van der Waals surface area contributed by atoms with Gasteiger partial charge < -0.3 is 19.0 Å². The molecule has 2 unspecified atom stereocenters. The number of nitrogens with one attached hydrogen (secondary N) is 1. The van der Waals surface area contributed by atoms with Gasteiger partial charge in [-0.2, -0.15) is 0 Å². The molecule has 0 amide bonds. The van der Waals surface area contributed by atoms with Crippen molar-refractivity contribution in [3.8, 4) is 0 Å². The van der Waals surface area contributed by atoms with E-state index in [0.29, 0.717) is 6.42 Å². The summed E-state index contributed by atoms with van der Waals surface area (Å²) in [6.45, 7) is 14.3. The molecule has 158 valence electrons. The van der Waals surface area contributed by atoms with Gasteiger partial charge in [0.1, 0.15) is 18.3 Å². The van der Waals surface area contributed by atoms with Gasteiger partial charge in [0, 0.05) is 19.4 Å². The fourth-order valence-electron chi connectivity index (χ4n) is 3.03. The number of hydrogen-bond acceptors (Lipinski definition) is 6. The molecule has 9 heteroatoms. The number of nitrogens with zero attached hydrogens (tertiary/aromatic N) is 1. The number of rotatable bonds is 7. The molecule has 2 heterocycles. The summed E-state index contributed by atoms with van der Waals surface area (Å²) in [4.78, 5) is 25.9. The molecule has 1 fully saturated rings. The number of hydrogen-bond donors (Lipinski definition) is 2. The molecule has 8 nitrogen and oxygen atoms in total. The summed E-state index contributed by atoms with van der Waals surface area (Å²) in [5.41, 5.74) is -1.10. The van der Waals surface area contributed by atoms with E-state index in [9.17, 15) is 14.7 Å². The molecule has 1 aliphatic heterocycles. The maximum absolute atomic E-state index is 12.3. The highest BCUT2D eigenvalue weighted by Crippen LogP contribution is 2.42. The van der Waals surface area contributed by atoms with Gasteiger partial charge in [0.15, 0.2) is 14.5 Å². The molecule has 2 rings (SSSR count). The van der Waals surface area contributed by atoms with Crippen molar-refractivity contribution in [2.24, 2.45) is 0 Å². The van der Waals surface area contributed by atoms with E-state index in [2.05, 4.69) is 45.4 Å². The molecule has 2 N–H and O–H groups in total. The van der Waals surface area contributed by atoms with Gasteiger partial charge in [-0.25, -0.2) is 4.79 Å². The Morgan fingerprint density at radius 1 is 1.39 bits per heavy atom. The van der Waals surface area contributed by atoms with E-state index in [1.807, 2.05) is 0 Å². The molecular weight excluding hydrogens is 380 g/mol. The predicted octanol–water partition coefficient (Wildman–Crippen LogP) is 1.78. The second kappa shape index (κ2) is 8.46. The van der Waals surface area contributed by atoms with Crippen LogP contribution in [0.3, 0.4) is 0 Å². The second-order valence-electron chi connectivity index (χ2n) is 8.64. The van der Waals surface area contributed by atoms with Crippen LogP contribution in [-0.4, -0.2) is 54.5 Å². The van der Waals surface area contributed by atoms with Crippen molar-refractivity contribution in [3.63, 3.8) is 0 Å². The minimum absolute atomic E-state index is 0.0634. The van der Waals surface area contributed by atoms with Crippen molar-refractivity contribution in [1.82, 2.24) is 9.55 Å². The first-order valence-electron chi connectivity index (χ1n) is 9.39. The first-order chi connectivity index (χ1) is 12.9. The van der Waals surface area contributed by atoms with Crippen LogP contribution in [0.4, 0.5) is 0 Å². The van der Waals surface area contributed by atoms with Gasteiger partial charge in [-0.1, -0.05) is 26.8 Å². The lowest BCUT2D eigenvalue weighted by molar-refractivity contribution is -0.0857. The number of aromatic amines is 1. The highest BCUT2D eigenvalue weighted by molar-refractivity contribution is 6.74. The predicted molar refractivity (Wildman–Crippen MR) is 109 cm³/mol. The molecule has 5 atom stereocenters. The third-order valence-electron chi connectivity index (χ3n) is 5.65. The van der Waals surface area contributed by atoms with Crippen LogP contribution in [0.2, 0.25) is 18.1 Å². The maximum Gasteiger partial charge on any atom is 0.330 e. The highest BCUT2D eigenvalue weighted by atomic mass is 28.4. The average molecular weight is 413 g/mol. The van der Waals surface area contributed by atoms with E-state index in [-0.39, 0.29) is 5.04 Å². The number of methoxy groups -OCH3 is 1. The molecule has 0 bridgehead atoms. The number of aliphatic hydroxyl groups is 1. The van der Waals surface area contributed by atoms with E-state index in [1.54, 1.807) is 6.08 Å². The lowest BCUT2D eigenvalue weighted by Crippen LogP contribution is -2.51. The van der Waals surface area contributed by atoms with Crippen LogP contribution in [0.15, 0.2) is 34.5 Å². The number of aromatic nitrogens is 2. The van der Waals surface area contributed by atoms with E-state index < -0.39 is 50.2 Å². The summed E-state index contributed by atoms with van der Waals surface area (Å²) in [5.74, 6) is 0. The quantitative estimate of drug-likeness (QED) is 0.523. The van der Waals surface area contributed by atoms with Gasteiger partial charge in [0.2, 0.25) is 0 Å². The van der Waals surface area contributed by atoms with Crippen molar-refractivity contribution >= 4 is 8.32 Å². The Kier molecular flexibility index (Phi) is 6.88. The van der Waals surface area contributed by atoms with Crippen molar-refractivity contribution in [1.29, 1.82) is 0 Å². The first-order valence-corrected chi connectivity index (χ1v) is 12.3. The Bertz CT molecular complexity index is 797. The van der Waals surface area contributed by atoms with Crippen molar-refractivity contribution in [2.45, 2.75) is 76.0 Å². The minimum atomic E-state index is -2.23. The SMILES string of the molecule is C=CC[C@@H](O)[C@H]1O[C@@H](n2ccc(=O)[nH]c2=O)C(OC)C1O[Si](C)(C)C(C)(C)C. The van der Waals surface area contributed by atoms with Crippen molar-refractivity contribution in [3.05, 3.63) is 45.8 Å². The molecule has 28 heavy (non-hydrogen) atoms. The van der Waals surface area contributed by atoms with Crippen LogP contribution >= 0.6 is 0 Å². The van der Waals surface area contributed by atoms with Gasteiger partial charge in [-0.3, -0.25) is 14.3 Å². The largest absolute Gasteiger partial charge is 0.408 e. The molecule has 0 radical (unpaired) electrons. The Morgan fingerprint density at radius 3 is 2.54 bits per heavy atom. The van der Waals surface area contributed by atoms with Crippen molar-refractivity contribution in [2.75, 3.05) is 7.11 Å². The summed E-state index contributed by atoms with van der Waals surface area (Å²) in [6, 6.07) is 1.24. The fourth-order valence-corrected chi connectivity index (χ4v) is 4.34. The molecule has 0 saturated carbocycles. The highest BCUT2D eigenvalue weighted by Gasteiger charge is 2.53. The monoisotopic (exact) mass is 412 g/mol. The van der Waals surface area contributed by atoms with Crippen LogP contribution in [0.5, 0.6) is 0 Å². The number of aliphatic hydroxyl groups excluding tert-OH is 1. The molecular formula is C19H32N2O6Si. The Morgan fingerprint density at radius 2 is 2.04 bits per heavy atom. The first kappa shape index (κ1) is 22.8. The smallest absolute Gasteiger partial charge is 0.330 e. The fraction of sp³-hybridized carbons (Fsp3) is 0.684. The molecule has 0 aliphatic carbocycles. The Labute approximate surface area is 166 Å². The molecule has 1 aromatic heterocycles. The maximum atomic E-state index is 12.3. The number of H-pyrrole nitrogens is 1. The molecule has 1 saturated heterocycles. The van der Waals surface area contributed by atoms with Gasteiger partial charge >= 0.3 is 5.69 Å². The van der Waals surface area contributed by atoms with Gasteiger partial charge in [0.05, 0.1) is 6.10 Å². The van der Waals surface area contributed by atoms with Crippen LogP contribution in [0.25, 0.3) is 0 Å². The van der Waals surface area contributed by atoms with Crippen LogP contribution < -0.4 is 11.2 Å². The summed E-state index contributed by atoms with van der Waals surface area (Å²) in [6.07, 6.45) is -0.344. The summed E-state index contributed by atoms with van der Waals surface area (Å²) in [5, 5.41) is 10.6.